The molecule has 1 fully saturated rings. The summed E-state index contributed by atoms with van der Waals surface area (Å²) in [6.07, 6.45) is 6.71. The second kappa shape index (κ2) is 7.01. The van der Waals surface area contributed by atoms with E-state index in [0.717, 1.165) is 18.0 Å². The van der Waals surface area contributed by atoms with Gasteiger partial charge in [0.1, 0.15) is 0 Å². The Labute approximate surface area is 119 Å². The highest BCUT2D eigenvalue weighted by Gasteiger charge is 2.14. The fraction of sp³-hybridized carbons (Fsp3) is 0.600. The number of ether oxygens (including phenoxy) is 1. The SMILES string of the molecule is COc1cc(Cl)cc(CNCC2CCCCC2)c1O. The second-order valence-corrected chi connectivity index (χ2v) is 5.69. The minimum absolute atomic E-state index is 0.183. The fourth-order valence-electron chi connectivity index (χ4n) is 2.72. The molecule has 0 radical (unpaired) electrons. The van der Waals surface area contributed by atoms with E-state index in [0.29, 0.717) is 17.3 Å². The standard InChI is InChI=1S/C15H22ClNO2/c1-19-14-8-13(16)7-12(15(14)18)10-17-9-11-5-3-2-4-6-11/h7-8,11,17-18H,2-6,9-10H2,1H3. The average Bonchev–Trinajstić information content (AvgIpc) is 2.43. The van der Waals surface area contributed by atoms with Crippen molar-refractivity contribution in [3.63, 3.8) is 0 Å². The Hall–Kier alpha value is -0.930. The maximum atomic E-state index is 10.0. The lowest BCUT2D eigenvalue weighted by atomic mass is 9.89. The molecule has 4 heteroatoms. The fourth-order valence-corrected chi connectivity index (χ4v) is 2.95. The average molecular weight is 284 g/mol. The Morgan fingerprint density at radius 1 is 1.32 bits per heavy atom. The van der Waals surface area contributed by atoms with Gasteiger partial charge in [-0.15, -0.1) is 0 Å². The summed E-state index contributed by atoms with van der Waals surface area (Å²) in [5, 5.41) is 14.0. The maximum absolute atomic E-state index is 10.0. The Bertz CT molecular complexity index is 417. The topological polar surface area (TPSA) is 41.5 Å². The lowest BCUT2D eigenvalue weighted by molar-refractivity contribution is 0.339. The molecule has 3 nitrogen and oxygen atoms in total. The summed E-state index contributed by atoms with van der Waals surface area (Å²) in [4.78, 5) is 0. The van der Waals surface area contributed by atoms with E-state index in [9.17, 15) is 5.11 Å². The lowest BCUT2D eigenvalue weighted by Crippen LogP contribution is -2.24. The number of halogens is 1. The molecule has 1 aromatic carbocycles. The highest BCUT2D eigenvalue weighted by Crippen LogP contribution is 2.33. The molecule has 0 heterocycles. The summed E-state index contributed by atoms with van der Waals surface area (Å²) in [6.45, 7) is 1.63. The van der Waals surface area contributed by atoms with E-state index in [2.05, 4.69) is 5.32 Å². The van der Waals surface area contributed by atoms with E-state index >= 15 is 0 Å². The van der Waals surface area contributed by atoms with Crippen molar-refractivity contribution in [1.29, 1.82) is 0 Å². The van der Waals surface area contributed by atoms with E-state index in [1.54, 1.807) is 12.1 Å². The van der Waals surface area contributed by atoms with Gasteiger partial charge in [0, 0.05) is 23.2 Å². The number of phenolic OH excluding ortho intramolecular Hbond substituents is 1. The van der Waals surface area contributed by atoms with Gasteiger partial charge in [0.2, 0.25) is 0 Å². The third-order valence-electron chi connectivity index (χ3n) is 3.81. The van der Waals surface area contributed by atoms with Gasteiger partial charge in [-0.3, -0.25) is 0 Å². The van der Waals surface area contributed by atoms with Gasteiger partial charge in [-0.2, -0.15) is 0 Å². The molecule has 0 spiro atoms. The summed E-state index contributed by atoms with van der Waals surface area (Å²) in [5.41, 5.74) is 0.792. The number of methoxy groups -OCH3 is 1. The minimum Gasteiger partial charge on any atom is -0.504 e. The number of benzene rings is 1. The molecule has 1 aromatic rings. The molecule has 1 aliphatic rings. The first kappa shape index (κ1) is 14.5. The monoisotopic (exact) mass is 283 g/mol. The molecular formula is C15H22ClNO2. The van der Waals surface area contributed by atoms with Crippen molar-refractivity contribution in [2.75, 3.05) is 13.7 Å². The van der Waals surface area contributed by atoms with Crippen molar-refractivity contribution in [3.8, 4) is 11.5 Å². The van der Waals surface area contributed by atoms with Crippen molar-refractivity contribution >= 4 is 11.6 Å². The molecule has 19 heavy (non-hydrogen) atoms. The highest BCUT2D eigenvalue weighted by molar-refractivity contribution is 6.30. The van der Waals surface area contributed by atoms with E-state index < -0.39 is 0 Å². The molecule has 1 aliphatic carbocycles. The van der Waals surface area contributed by atoms with E-state index in [-0.39, 0.29) is 5.75 Å². The molecule has 2 rings (SSSR count). The Morgan fingerprint density at radius 2 is 2.05 bits per heavy atom. The molecule has 0 unspecified atom stereocenters. The summed E-state index contributed by atoms with van der Waals surface area (Å²) < 4.78 is 5.10. The first-order chi connectivity index (χ1) is 9.20. The molecule has 1 saturated carbocycles. The van der Waals surface area contributed by atoms with Gasteiger partial charge in [0.15, 0.2) is 11.5 Å². The molecular weight excluding hydrogens is 262 g/mol. The molecule has 0 atom stereocenters. The zero-order valence-corrected chi connectivity index (χ0v) is 12.2. The molecule has 0 saturated heterocycles. The van der Waals surface area contributed by atoms with Crippen LogP contribution in [0.5, 0.6) is 11.5 Å². The van der Waals surface area contributed by atoms with Crippen molar-refractivity contribution < 1.29 is 9.84 Å². The van der Waals surface area contributed by atoms with Gasteiger partial charge in [0.05, 0.1) is 7.11 Å². The van der Waals surface area contributed by atoms with Crippen molar-refractivity contribution in [2.45, 2.75) is 38.6 Å². The molecule has 0 aliphatic heterocycles. The molecule has 0 aromatic heterocycles. The first-order valence-electron chi connectivity index (χ1n) is 6.97. The van der Waals surface area contributed by atoms with Crippen LogP contribution in [0.2, 0.25) is 5.02 Å². The predicted molar refractivity (Wildman–Crippen MR) is 78.0 cm³/mol. The highest BCUT2D eigenvalue weighted by atomic mass is 35.5. The third-order valence-corrected chi connectivity index (χ3v) is 4.03. The summed E-state index contributed by atoms with van der Waals surface area (Å²) >= 11 is 6.01. The number of rotatable bonds is 5. The Kier molecular flexibility index (Phi) is 5.34. The molecule has 106 valence electrons. The largest absolute Gasteiger partial charge is 0.504 e. The predicted octanol–water partition coefficient (Wildman–Crippen LogP) is 3.72. The van der Waals surface area contributed by atoms with Crippen molar-refractivity contribution in [1.82, 2.24) is 5.32 Å². The normalized spacial score (nSPS) is 16.5. The zero-order valence-electron chi connectivity index (χ0n) is 11.4. The van der Waals surface area contributed by atoms with Crippen LogP contribution in [0.3, 0.4) is 0 Å². The zero-order chi connectivity index (χ0) is 13.7. The van der Waals surface area contributed by atoms with Gasteiger partial charge in [-0.1, -0.05) is 30.9 Å². The van der Waals surface area contributed by atoms with Gasteiger partial charge in [-0.05, 0) is 31.4 Å². The van der Waals surface area contributed by atoms with Gasteiger partial charge in [0.25, 0.3) is 0 Å². The molecule has 2 N–H and O–H groups in total. The van der Waals surface area contributed by atoms with Crippen LogP contribution >= 0.6 is 11.6 Å². The van der Waals surface area contributed by atoms with Gasteiger partial charge < -0.3 is 15.2 Å². The van der Waals surface area contributed by atoms with Crippen LogP contribution in [0, 0.1) is 5.92 Å². The first-order valence-corrected chi connectivity index (χ1v) is 7.34. The van der Waals surface area contributed by atoms with E-state index in [4.69, 9.17) is 16.3 Å². The van der Waals surface area contributed by atoms with Crippen LogP contribution in [0.15, 0.2) is 12.1 Å². The van der Waals surface area contributed by atoms with Crippen molar-refractivity contribution in [2.24, 2.45) is 5.92 Å². The quantitative estimate of drug-likeness (QED) is 0.865. The van der Waals surface area contributed by atoms with E-state index in [1.165, 1.54) is 39.2 Å². The Morgan fingerprint density at radius 3 is 2.74 bits per heavy atom. The molecule has 0 bridgehead atoms. The van der Waals surface area contributed by atoms with Crippen LogP contribution < -0.4 is 10.1 Å². The van der Waals surface area contributed by atoms with Crippen molar-refractivity contribution in [3.05, 3.63) is 22.7 Å². The molecule has 0 amide bonds. The van der Waals surface area contributed by atoms with Crippen LogP contribution in [0.25, 0.3) is 0 Å². The number of hydrogen-bond donors (Lipinski definition) is 2. The third kappa shape index (κ3) is 4.02. The number of phenols is 1. The van der Waals surface area contributed by atoms with Crippen LogP contribution in [-0.4, -0.2) is 18.8 Å². The minimum atomic E-state index is 0.183. The maximum Gasteiger partial charge on any atom is 0.162 e. The Balaban J connectivity index is 1.89. The van der Waals surface area contributed by atoms with Crippen LogP contribution in [0.4, 0.5) is 0 Å². The number of hydrogen-bond acceptors (Lipinski definition) is 3. The van der Waals surface area contributed by atoms with Gasteiger partial charge in [-0.25, -0.2) is 0 Å². The second-order valence-electron chi connectivity index (χ2n) is 5.25. The van der Waals surface area contributed by atoms with E-state index in [1.807, 2.05) is 0 Å². The summed E-state index contributed by atoms with van der Waals surface area (Å²) in [6, 6.07) is 3.41. The van der Waals surface area contributed by atoms with Crippen LogP contribution in [0.1, 0.15) is 37.7 Å². The van der Waals surface area contributed by atoms with Crippen LogP contribution in [-0.2, 0) is 6.54 Å². The smallest absolute Gasteiger partial charge is 0.162 e. The summed E-state index contributed by atoms with van der Waals surface area (Å²) in [5.74, 6) is 1.39. The number of nitrogens with one attached hydrogen (secondary N) is 1. The summed E-state index contributed by atoms with van der Waals surface area (Å²) in [7, 11) is 1.53. The number of aromatic hydroxyl groups is 1. The van der Waals surface area contributed by atoms with Gasteiger partial charge >= 0.3 is 0 Å². The lowest BCUT2D eigenvalue weighted by Gasteiger charge is -2.22.